The van der Waals surface area contributed by atoms with Gasteiger partial charge in [0.25, 0.3) is 0 Å². The Morgan fingerprint density at radius 2 is 1.74 bits per heavy atom. The minimum atomic E-state index is -3.65. The summed E-state index contributed by atoms with van der Waals surface area (Å²) in [6, 6.07) is 12.2. The summed E-state index contributed by atoms with van der Waals surface area (Å²) in [4.78, 5) is 13.9. The number of carbonyl (C=O) groups is 1. The zero-order chi connectivity index (χ0) is 20.2. The maximum absolute atomic E-state index is 13.0. The molecule has 1 N–H and O–H groups in total. The molecule has 0 spiro atoms. The second-order valence-corrected chi connectivity index (χ2v) is 9.23. The molecule has 0 unspecified atom stereocenters. The predicted molar refractivity (Wildman–Crippen MR) is 114 cm³/mol. The molecule has 7 heteroatoms. The Hall–Kier alpha value is -1.99. The third-order valence-electron chi connectivity index (χ3n) is 4.16. The molecule has 27 heavy (non-hydrogen) atoms. The highest BCUT2D eigenvalue weighted by molar-refractivity contribution is 7.98. The van der Waals surface area contributed by atoms with Crippen molar-refractivity contribution in [1.82, 2.24) is 0 Å². The lowest BCUT2D eigenvalue weighted by Crippen LogP contribution is -2.47. The number of sulfonamides is 1. The maximum Gasteiger partial charge on any atom is 0.248 e. The molecule has 2 aromatic carbocycles. The van der Waals surface area contributed by atoms with Crippen molar-refractivity contribution in [2.45, 2.75) is 38.1 Å². The topological polar surface area (TPSA) is 66.5 Å². The van der Waals surface area contributed by atoms with Gasteiger partial charge in [-0.05, 0) is 61.9 Å². The Labute approximate surface area is 166 Å². The van der Waals surface area contributed by atoms with E-state index in [0.717, 1.165) is 22.3 Å². The van der Waals surface area contributed by atoms with E-state index in [-0.39, 0.29) is 5.91 Å². The number of amides is 1. The fraction of sp³-hybridized carbons (Fsp3) is 0.350. The van der Waals surface area contributed by atoms with Crippen molar-refractivity contribution in [3.63, 3.8) is 0 Å². The Kier molecular flexibility index (Phi) is 6.95. The molecule has 0 fully saturated rings. The van der Waals surface area contributed by atoms with Gasteiger partial charge in [-0.25, -0.2) is 8.42 Å². The highest BCUT2D eigenvalue weighted by atomic mass is 32.2. The lowest BCUT2D eigenvalue weighted by atomic mass is 10.1. The monoisotopic (exact) mass is 406 g/mol. The Morgan fingerprint density at radius 1 is 1.15 bits per heavy atom. The molecule has 0 aliphatic carbocycles. The van der Waals surface area contributed by atoms with E-state index in [4.69, 9.17) is 0 Å². The first kappa shape index (κ1) is 21.3. The molecular formula is C20H26N2O3S2. The summed E-state index contributed by atoms with van der Waals surface area (Å²) in [5, 5.41) is 2.90. The molecule has 0 saturated heterocycles. The number of nitrogens with zero attached hydrogens (tertiary/aromatic N) is 1. The highest BCUT2D eigenvalue weighted by Crippen LogP contribution is 2.28. The van der Waals surface area contributed by atoms with Crippen LogP contribution < -0.4 is 9.62 Å². The van der Waals surface area contributed by atoms with Crippen molar-refractivity contribution in [3.8, 4) is 0 Å². The Bertz CT molecular complexity index is 906. The van der Waals surface area contributed by atoms with Crippen LogP contribution in [-0.4, -0.2) is 32.9 Å². The van der Waals surface area contributed by atoms with E-state index in [1.165, 1.54) is 16.1 Å². The number of hydrogen-bond acceptors (Lipinski definition) is 4. The van der Waals surface area contributed by atoms with Gasteiger partial charge in [-0.1, -0.05) is 25.1 Å². The lowest BCUT2D eigenvalue weighted by molar-refractivity contribution is -0.117. The molecule has 0 aliphatic rings. The molecule has 0 heterocycles. The molecule has 0 bridgehead atoms. The number of hydrogen-bond donors (Lipinski definition) is 1. The van der Waals surface area contributed by atoms with Gasteiger partial charge in [0.1, 0.15) is 6.04 Å². The van der Waals surface area contributed by atoms with Crippen LogP contribution in [0.4, 0.5) is 11.4 Å². The summed E-state index contributed by atoms with van der Waals surface area (Å²) < 4.78 is 26.4. The van der Waals surface area contributed by atoms with Gasteiger partial charge in [0.15, 0.2) is 0 Å². The smallest absolute Gasteiger partial charge is 0.248 e. The summed E-state index contributed by atoms with van der Waals surface area (Å²) in [7, 11) is -3.65. The first-order chi connectivity index (χ1) is 12.7. The number of aryl methyl sites for hydroxylation is 2. The van der Waals surface area contributed by atoms with E-state index in [1.807, 2.05) is 57.4 Å². The van der Waals surface area contributed by atoms with Crippen molar-refractivity contribution < 1.29 is 13.2 Å². The number of thioether (sulfide) groups is 1. The molecule has 0 aromatic heterocycles. The second kappa shape index (κ2) is 8.80. The van der Waals surface area contributed by atoms with Crippen LogP contribution in [0.2, 0.25) is 0 Å². The van der Waals surface area contributed by atoms with Crippen LogP contribution in [0.1, 0.15) is 24.5 Å². The maximum atomic E-state index is 13.0. The van der Waals surface area contributed by atoms with Gasteiger partial charge < -0.3 is 5.32 Å². The number of rotatable bonds is 7. The van der Waals surface area contributed by atoms with Gasteiger partial charge in [-0.3, -0.25) is 9.10 Å². The van der Waals surface area contributed by atoms with Crippen molar-refractivity contribution >= 4 is 39.1 Å². The van der Waals surface area contributed by atoms with Crippen LogP contribution >= 0.6 is 11.8 Å². The molecule has 0 saturated carbocycles. The van der Waals surface area contributed by atoms with E-state index in [2.05, 4.69) is 5.32 Å². The number of carbonyl (C=O) groups excluding carboxylic acids is 1. The van der Waals surface area contributed by atoms with Crippen molar-refractivity contribution in [2.24, 2.45) is 0 Å². The average molecular weight is 407 g/mol. The summed E-state index contributed by atoms with van der Waals surface area (Å²) >= 11 is 1.52. The number of para-hydroxylation sites is 1. The van der Waals surface area contributed by atoms with Crippen LogP contribution in [-0.2, 0) is 14.8 Å². The average Bonchev–Trinajstić information content (AvgIpc) is 2.57. The van der Waals surface area contributed by atoms with E-state index in [0.29, 0.717) is 17.8 Å². The largest absolute Gasteiger partial charge is 0.323 e. The zero-order valence-electron chi connectivity index (χ0n) is 16.3. The molecule has 5 nitrogen and oxygen atoms in total. The molecule has 2 rings (SSSR count). The number of benzene rings is 2. The van der Waals surface area contributed by atoms with E-state index >= 15 is 0 Å². The van der Waals surface area contributed by atoms with Crippen LogP contribution in [0.3, 0.4) is 0 Å². The van der Waals surface area contributed by atoms with Crippen LogP contribution in [0.5, 0.6) is 0 Å². The lowest BCUT2D eigenvalue weighted by Gasteiger charge is -2.30. The molecular weight excluding hydrogens is 380 g/mol. The molecule has 0 radical (unpaired) electrons. The summed E-state index contributed by atoms with van der Waals surface area (Å²) in [6.45, 7) is 5.63. The highest BCUT2D eigenvalue weighted by Gasteiger charge is 2.32. The SMILES string of the molecule is CC[C@H](C(=O)Nc1ccccc1SC)N(c1cc(C)cc(C)c1)S(C)(=O)=O. The molecule has 2 aromatic rings. The summed E-state index contributed by atoms with van der Waals surface area (Å²) in [5.41, 5.74) is 3.08. The van der Waals surface area contributed by atoms with Gasteiger partial charge in [0, 0.05) is 4.90 Å². The van der Waals surface area contributed by atoms with Gasteiger partial charge in [0.05, 0.1) is 17.6 Å². The molecule has 1 atom stereocenters. The first-order valence-corrected chi connectivity index (χ1v) is 11.8. The fourth-order valence-corrected chi connectivity index (χ4v) is 4.85. The third-order valence-corrected chi connectivity index (χ3v) is 6.13. The number of anilines is 2. The summed E-state index contributed by atoms with van der Waals surface area (Å²) in [5.74, 6) is -0.344. The zero-order valence-corrected chi connectivity index (χ0v) is 17.9. The molecule has 0 aliphatic heterocycles. The van der Waals surface area contributed by atoms with Gasteiger partial charge in [-0.2, -0.15) is 0 Å². The predicted octanol–water partition coefficient (Wildman–Crippen LogP) is 4.21. The number of nitrogens with one attached hydrogen (secondary N) is 1. The van der Waals surface area contributed by atoms with E-state index in [9.17, 15) is 13.2 Å². The van der Waals surface area contributed by atoms with Gasteiger partial charge in [0.2, 0.25) is 15.9 Å². The van der Waals surface area contributed by atoms with Crippen molar-refractivity contribution in [3.05, 3.63) is 53.6 Å². The standard InChI is InChI=1S/C20H26N2O3S2/c1-6-18(20(23)21-17-9-7-8-10-19(17)26-4)22(27(5,24)25)16-12-14(2)11-15(3)13-16/h7-13,18H,6H2,1-5H3,(H,21,23)/t18-/m1/s1. The quantitative estimate of drug-likeness (QED) is 0.700. The normalized spacial score (nSPS) is 12.5. The minimum absolute atomic E-state index is 0.344. The Morgan fingerprint density at radius 3 is 2.26 bits per heavy atom. The van der Waals surface area contributed by atoms with Gasteiger partial charge >= 0.3 is 0 Å². The first-order valence-electron chi connectivity index (χ1n) is 8.69. The molecule has 146 valence electrons. The van der Waals surface area contributed by atoms with Crippen molar-refractivity contribution in [2.75, 3.05) is 22.1 Å². The summed E-state index contributed by atoms with van der Waals surface area (Å²) in [6.07, 6.45) is 3.42. The van der Waals surface area contributed by atoms with E-state index in [1.54, 1.807) is 12.1 Å². The Balaban J connectivity index is 2.44. The minimum Gasteiger partial charge on any atom is -0.323 e. The van der Waals surface area contributed by atoms with Crippen LogP contribution in [0, 0.1) is 13.8 Å². The van der Waals surface area contributed by atoms with Crippen LogP contribution in [0.25, 0.3) is 0 Å². The second-order valence-electron chi connectivity index (χ2n) is 6.52. The van der Waals surface area contributed by atoms with Crippen LogP contribution in [0.15, 0.2) is 47.4 Å². The molecule has 1 amide bonds. The van der Waals surface area contributed by atoms with Crippen molar-refractivity contribution in [1.29, 1.82) is 0 Å². The van der Waals surface area contributed by atoms with E-state index < -0.39 is 16.1 Å². The fourth-order valence-electron chi connectivity index (χ4n) is 3.10. The third kappa shape index (κ3) is 5.26. The van der Waals surface area contributed by atoms with Gasteiger partial charge in [-0.15, -0.1) is 11.8 Å².